The molecule has 1 amide bonds. The van der Waals surface area contributed by atoms with Gasteiger partial charge < -0.3 is 0 Å². The zero-order valence-corrected chi connectivity index (χ0v) is 7.40. The standard InChI is InChI=1S/C11H10NO/c1-12-11(13)10-7-6-8-4-2-3-5-9(8)10/h2-7,10H,1H3. The molecule has 0 aromatic heterocycles. The van der Waals surface area contributed by atoms with Gasteiger partial charge in [-0.05, 0) is 11.1 Å². The van der Waals surface area contributed by atoms with Crippen LogP contribution in [0.1, 0.15) is 17.0 Å². The monoisotopic (exact) mass is 172 g/mol. The molecule has 1 aromatic rings. The SMILES string of the molecule is C[N]C(=O)C1C=Cc2ccccc21. The Labute approximate surface area is 77.3 Å². The fourth-order valence-electron chi connectivity index (χ4n) is 1.60. The second-order valence-electron chi connectivity index (χ2n) is 3.03. The van der Waals surface area contributed by atoms with E-state index < -0.39 is 0 Å². The van der Waals surface area contributed by atoms with Crippen LogP contribution in [0.2, 0.25) is 0 Å². The maximum atomic E-state index is 11.4. The molecule has 0 fully saturated rings. The summed E-state index contributed by atoms with van der Waals surface area (Å²) in [4.78, 5) is 11.4. The average Bonchev–Trinajstić information content (AvgIpc) is 2.60. The first-order valence-corrected chi connectivity index (χ1v) is 4.23. The quantitative estimate of drug-likeness (QED) is 0.632. The molecule has 65 valence electrons. The minimum Gasteiger partial charge on any atom is -0.272 e. The van der Waals surface area contributed by atoms with Gasteiger partial charge in [0.2, 0.25) is 0 Å². The number of hydrogen-bond donors (Lipinski definition) is 0. The van der Waals surface area contributed by atoms with Gasteiger partial charge in [0.15, 0.2) is 0 Å². The Balaban J connectivity index is 2.38. The molecule has 1 aliphatic rings. The van der Waals surface area contributed by atoms with Crippen molar-refractivity contribution in [1.82, 2.24) is 5.32 Å². The minimum absolute atomic E-state index is 0.0683. The maximum absolute atomic E-state index is 11.4. The summed E-state index contributed by atoms with van der Waals surface area (Å²) in [6.45, 7) is 0. The molecule has 0 aliphatic heterocycles. The van der Waals surface area contributed by atoms with Crippen LogP contribution in [0.5, 0.6) is 0 Å². The van der Waals surface area contributed by atoms with Crippen molar-refractivity contribution >= 4 is 12.0 Å². The number of carbonyl (C=O) groups excluding carboxylic acids is 1. The van der Waals surface area contributed by atoms with E-state index in [4.69, 9.17) is 0 Å². The summed E-state index contributed by atoms with van der Waals surface area (Å²) in [7, 11) is 1.54. The largest absolute Gasteiger partial charge is 0.272 e. The molecule has 13 heavy (non-hydrogen) atoms. The lowest BCUT2D eigenvalue weighted by atomic mass is 10.0. The van der Waals surface area contributed by atoms with Crippen molar-refractivity contribution in [3.05, 3.63) is 41.5 Å². The van der Waals surface area contributed by atoms with Gasteiger partial charge in [-0.3, -0.25) is 10.1 Å². The lowest BCUT2D eigenvalue weighted by Gasteiger charge is -2.06. The molecule has 1 unspecified atom stereocenters. The van der Waals surface area contributed by atoms with Gasteiger partial charge in [0.25, 0.3) is 5.91 Å². The molecular weight excluding hydrogens is 162 g/mol. The normalized spacial score (nSPS) is 18.4. The van der Waals surface area contributed by atoms with Crippen LogP contribution in [0.25, 0.3) is 6.08 Å². The second-order valence-corrected chi connectivity index (χ2v) is 3.03. The molecule has 1 radical (unpaired) electrons. The average molecular weight is 172 g/mol. The van der Waals surface area contributed by atoms with Crippen molar-refractivity contribution in [2.24, 2.45) is 0 Å². The Hall–Kier alpha value is -1.57. The Morgan fingerprint density at radius 2 is 2.15 bits per heavy atom. The summed E-state index contributed by atoms with van der Waals surface area (Å²) in [6.07, 6.45) is 3.88. The van der Waals surface area contributed by atoms with Gasteiger partial charge in [0.1, 0.15) is 0 Å². The fraction of sp³-hybridized carbons (Fsp3) is 0.182. The Morgan fingerprint density at radius 3 is 2.92 bits per heavy atom. The zero-order valence-electron chi connectivity index (χ0n) is 7.40. The van der Waals surface area contributed by atoms with Gasteiger partial charge in [-0.15, -0.1) is 0 Å². The molecule has 0 saturated carbocycles. The van der Waals surface area contributed by atoms with E-state index in [-0.39, 0.29) is 11.8 Å². The molecule has 0 saturated heterocycles. The highest BCUT2D eigenvalue weighted by atomic mass is 16.1. The summed E-state index contributed by atoms with van der Waals surface area (Å²) in [6, 6.07) is 7.90. The lowest BCUT2D eigenvalue weighted by Crippen LogP contribution is -2.17. The van der Waals surface area contributed by atoms with Gasteiger partial charge in [-0.1, -0.05) is 36.4 Å². The molecule has 2 rings (SSSR count). The van der Waals surface area contributed by atoms with Gasteiger partial charge >= 0.3 is 0 Å². The van der Waals surface area contributed by atoms with E-state index in [2.05, 4.69) is 5.32 Å². The van der Waals surface area contributed by atoms with Crippen LogP contribution in [0, 0.1) is 0 Å². The van der Waals surface area contributed by atoms with Gasteiger partial charge in [0.05, 0.1) is 5.92 Å². The molecule has 1 atom stereocenters. The van der Waals surface area contributed by atoms with Crippen molar-refractivity contribution in [1.29, 1.82) is 0 Å². The molecule has 0 heterocycles. The molecule has 0 spiro atoms. The number of hydrogen-bond acceptors (Lipinski definition) is 1. The van der Waals surface area contributed by atoms with E-state index in [9.17, 15) is 4.79 Å². The molecule has 2 heteroatoms. The van der Waals surface area contributed by atoms with Crippen LogP contribution in [0.4, 0.5) is 0 Å². The minimum atomic E-state index is -0.152. The van der Waals surface area contributed by atoms with Crippen molar-refractivity contribution in [3.63, 3.8) is 0 Å². The number of fused-ring (bicyclic) bond motifs is 1. The number of likely N-dealkylation sites (N-methyl/N-ethyl adjacent to an activating group) is 1. The second kappa shape index (κ2) is 3.05. The Bertz CT molecular complexity index is 368. The van der Waals surface area contributed by atoms with E-state index in [0.29, 0.717) is 0 Å². The molecule has 0 N–H and O–H groups in total. The zero-order chi connectivity index (χ0) is 9.26. The summed E-state index contributed by atoms with van der Waals surface area (Å²) in [5.41, 5.74) is 2.20. The lowest BCUT2D eigenvalue weighted by molar-refractivity contribution is -0.121. The summed E-state index contributed by atoms with van der Waals surface area (Å²) < 4.78 is 0. The smallest absolute Gasteiger partial charge is 0.252 e. The highest BCUT2D eigenvalue weighted by Crippen LogP contribution is 2.29. The summed E-state index contributed by atoms with van der Waals surface area (Å²) >= 11 is 0. The Morgan fingerprint density at radius 1 is 1.38 bits per heavy atom. The number of carbonyl (C=O) groups is 1. The van der Waals surface area contributed by atoms with Gasteiger partial charge in [0, 0.05) is 7.05 Å². The van der Waals surface area contributed by atoms with Crippen LogP contribution in [-0.4, -0.2) is 13.0 Å². The predicted octanol–water partition coefficient (Wildman–Crippen LogP) is 1.56. The first-order chi connectivity index (χ1) is 6.33. The van der Waals surface area contributed by atoms with Crippen molar-refractivity contribution < 1.29 is 4.79 Å². The third-order valence-corrected chi connectivity index (χ3v) is 2.29. The number of benzene rings is 1. The number of amides is 1. The van der Waals surface area contributed by atoms with Crippen LogP contribution in [0.15, 0.2) is 30.3 Å². The van der Waals surface area contributed by atoms with Crippen molar-refractivity contribution in [3.8, 4) is 0 Å². The maximum Gasteiger partial charge on any atom is 0.252 e. The topological polar surface area (TPSA) is 31.2 Å². The predicted molar refractivity (Wildman–Crippen MR) is 51.3 cm³/mol. The third kappa shape index (κ3) is 1.24. The van der Waals surface area contributed by atoms with Crippen molar-refractivity contribution in [2.45, 2.75) is 5.92 Å². The van der Waals surface area contributed by atoms with Gasteiger partial charge in [-0.2, -0.15) is 0 Å². The Kier molecular flexibility index (Phi) is 1.89. The van der Waals surface area contributed by atoms with Crippen LogP contribution >= 0.6 is 0 Å². The van der Waals surface area contributed by atoms with Crippen LogP contribution < -0.4 is 5.32 Å². The number of rotatable bonds is 1. The van der Waals surface area contributed by atoms with Crippen LogP contribution in [0.3, 0.4) is 0 Å². The van der Waals surface area contributed by atoms with E-state index in [0.717, 1.165) is 11.1 Å². The molecule has 1 aromatic carbocycles. The van der Waals surface area contributed by atoms with Crippen molar-refractivity contribution in [2.75, 3.05) is 7.05 Å². The summed E-state index contributed by atoms with van der Waals surface area (Å²) in [5, 5.41) is 3.68. The fourth-order valence-corrected chi connectivity index (χ4v) is 1.60. The molecule has 1 aliphatic carbocycles. The summed E-state index contributed by atoms with van der Waals surface area (Å²) in [5.74, 6) is -0.220. The van der Waals surface area contributed by atoms with E-state index in [1.165, 1.54) is 7.05 Å². The molecule has 0 bridgehead atoms. The highest BCUT2D eigenvalue weighted by molar-refractivity contribution is 5.89. The van der Waals surface area contributed by atoms with E-state index in [1.54, 1.807) is 0 Å². The first-order valence-electron chi connectivity index (χ1n) is 4.23. The highest BCUT2D eigenvalue weighted by Gasteiger charge is 2.23. The van der Waals surface area contributed by atoms with E-state index >= 15 is 0 Å². The number of nitrogens with zero attached hydrogens (tertiary/aromatic N) is 1. The molecule has 2 nitrogen and oxygen atoms in total. The van der Waals surface area contributed by atoms with E-state index in [1.807, 2.05) is 36.4 Å². The van der Waals surface area contributed by atoms with Gasteiger partial charge in [-0.25, -0.2) is 0 Å². The third-order valence-electron chi connectivity index (χ3n) is 2.29. The van der Waals surface area contributed by atoms with Crippen LogP contribution in [-0.2, 0) is 4.79 Å². The molecular formula is C11H10NO. The first kappa shape index (κ1) is 8.05.